The topological polar surface area (TPSA) is 76.7 Å². The molecule has 0 aromatic carbocycles. The van der Waals surface area contributed by atoms with Gasteiger partial charge in [-0.25, -0.2) is 0 Å². The summed E-state index contributed by atoms with van der Waals surface area (Å²) < 4.78 is 0. The minimum absolute atomic E-state index is 0. The number of rotatable bonds is 2. The van der Waals surface area contributed by atoms with Crippen molar-refractivity contribution in [2.45, 2.75) is 12.8 Å². The van der Waals surface area contributed by atoms with E-state index < -0.39 is 0 Å². The number of nitrogens with zero attached hydrogens (tertiary/aromatic N) is 2. The SMILES string of the molecule is N#CC(C#N)=C([S-])NC(=O)C1CC1.[Na+]. The van der Waals surface area contributed by atoms with E-state index in [1.54, 1.807) is 12.1 Å². The summed E-state index contributed by atoms with van der Waals surface area (Å²) in [5.41, 5.74) is -0.219. The zero-order valence-corrected chi connectivity index (χ0v) is 10.5. The number of carbonyl (C=O) groups is 1. The molecule has 1 saturated carbocycles. The number of allylic oxidation sites excluding steroid dienone is 1. The van der Waals surface area contributed by atoms with Gasteiger partial charge in [-0.1, -0.05) is 5.03 Å². The Morgan fingerprint density at radius 2 is 1.86 bits per heavy atom. The van der Waals surface area contributed by atoms with Gasteiger partial charge in [-0.2, -0.15) is 10.5 Å². The van der Waals surface area contributed by atoms with Crippen LogP contribution in [-0.2, 0) is 17.4 Å². The zero-order valence-electron chi connectivity index (χ0n) is 7.70. The fraction of sp³-hybridized carbons (Fsp3) is 0.375. The van der Waals surface area contributed by atoms with Gasteiger partial charge >= 0.3 is 29.6 Å². The van der Waals surface area contributed by atoms with Crippen LogP contribution in [0.15, 0.2) is 10.6 Å². The predicted octanol–water partition coefficient (Wildman–Crippen LogP) is -2.68. The quantitative estimate of drug-likeness (QED) is 0.309. The van der Waals surface area contributed by atoms with Crippen molar-refractivity contribution in [3.63, 3.8) is 0 Å². The van der Waals surface area contributed by atoms with Crippen LogP contribution in [0.1, 0.15) is 12.8 Å². The summed E-state index contributed by atoms with van der Waals surface area (Å²) in [6, 6.07) is 3.23. The molecule has 0 atom stereocenters. The van der Waals surface area contributed by atoms with Crippen molar-refractivity contribution < 1.29 is 34.4 Å². The minimum atomic E-state index is -0.219. The largest absolute Gasteiger partial charge is 1.00 e. The first kappa shape index (κ1) is 13.4. The monoisotopic (exact) mass is 215 g/mol. The standard InChI is InChI=1S/C8H7N3OS.Na/c9-3-6(4-10)8(13)11-7(12)5-1-2-5;/h5,13H,1-2H2,(H,11,12);/q;+1/p-1. The van der Waals surface area contributed by atoms with E-state index in [0.717, 1.165) is 12.8 Å². The third-order valence-corrected chi connectivity index (χ3v) is 1.94. The smallest absolute Gasteiger partial charge is 0.760 e. The van der Waals surface area contributed by atoms with Gasteiger partial charge in [0.15, 0.2) is 0 Å². The molecule has 66 valence electrons. The molecule has 0 unspecified atom stereocenters. The Balaban J connectivity index is 0.00000169. The van der Waals surface area contributed by atoms with Crippen molar-refractivity contribution in [1.29, 1.82) is 10.5 Å². The van der Waals surface area contributed by atoms with Gasteiger partial charge in [-0.05, 0) is 12.8 Å². The van der Waals surface area contributed by atoms with Crippen LogP contribution in [-0.4, -0.2) is 5.91 Å². The number of nitriles is 2. The summed E-state index contributed by atoms with van der Waals surface area (Å²) in [6.07, 6.45) is 1.73. The fourth-order valence-electron chi connectivity index (χ4n) is 0.749. The number of carbonyl (C=O) groups excluding carboxylic acids is 1. The molecule has 0 aromatic heterocycles. The molecule has 4 nitrogen and oxygen atoms in total. The summed E-state index contributed by atoms with van der Waals surface area (Å²) in [4.78, 5) is 11.1. The Kier molecular flexibility index (Phi) is 5.75. The van der Waals surface area contributed by atoms with E-state index >= 15 is 0 Å². The minimum Gasteiger partial charge on any atom is -0.760 e. The third kappa shape index (κ3) is 3.65. The van der Waals surface area contributed by atoms with Crippen LogP contribution < -0.4 is 34.9 Å². The van der Waals surface area contributed by atoms with Crippen molar-refractivity contribution in [3.05, 3.63) is 10.6 Å². The van der Waals surface area contributed by atoms with Crippen LogP contribution in [0.25, 0.3) is 0 Å². The molecule has 1 rings (SSSR count). The van der Waals surface area contributed by atoms with Crippen molar-refractivity contribution in [2.75, 3.05) is 0 Å². The number of hydrogen-bond acceptors (Lipinski definition) is 4. The number of hydrogen-bond donors (Lipinski definition) is 1. The van der Waals surface area contributed by atoms with Gasteiger partial charge in [-0.15, -0.1) is 0 Å². The first-order valence-corrected chi connectivity index (χ1v) is 4.12. The molecule has 0 saturated heterocycles. The van der Waals surface area contributed by atoms with Gasteiger partial charge in [0.05, 0.1) is 0 Å². The molecule has 1 fully saturated rings. The first-order valence-electron chi connectivity index (χ1n) is 3.71. The van der Waals surface area contributed by atoms with Crippen molar-refractivity contribution in [1.82, 2.24) is 5.32 Å². The summed E-state index contributed by atoms with van der Waals surface area (Å²) in [5, 5.41) is 19.1. The maximum absolute atomic E-state index is 11.1. The molecule has 1 aliphatic rings. The average Bonchev–Trinajstić information content (AvgIpc) is 2.88. The van der Waals surface area contributed by atoms with Crippen LogP contribution in [0.5, 0.6) is 0 Å². The molecule has 1 N–H and O–H groups in total. The van der Waals surface area contributed by atoms with Gasteiger partial charge in [0, 0.05) is 5.92 Å². The molecule has 14 heavy (non-hydrogen) atoms. The molecule has 6 heteroatoms. The van der Waals surface area contributed by atoms with Gasteiger partial charge in [0.2, 0.25) is 5.91 Å². The Hall–Kier alpha value is -0.590. The molecule has 0 aliphatic heterocycles. The normalized spacial score (nSPS) is 12.7. The molecule has 0 aromatic rings. The van der Waals surface area contributed by atoms with E-state index in [1.807, 2.05) is 0 Å². The molecule has 0 heterocycles. The summed E-state index contributed by atoms with van der Waals surface area (Å²) in [6.45, 7) is 0. The van der Waals surface area contributed by atoms with Crippen LogP contribution in [0.3, 0.4) is 0 Å². The molecule has 1 amide bonds. The molecule has 0 spiro atoms. The second-order valence-electron chi connectivity index (χ2n) is 2.69. The Labute approximate surface area is 110 Å². The summed E-state index contributed by atoms with van der Waals surface area (Å²) >= 11 is 4.68. The van der Waals surface area contributed by atoms with Gasteiger partial charge in [-0.3, -0.25) is 4.79 Å². The van der Waals surface area contributed by atoms with E-state index in [0.29, 0.717) is 0 Å². The first-order chi connectivity index (χ1) is 6.19. The molecule has 1 aliphatic carbocycles. The Morgan fingerprint density at radius 1 is 1.36 bits per heavy atom. The predicted molar refractivity (Wildman–Crippen MR) is 46.5 cm³/mol. The molecule has 0 bridgehead atoms. The van der Waals surface area contributed by atoms with Crippen LogP contribution in [0.2, 0.25) is 0 Å². The fourth-order valence-corrected chi connectivity index (χ4v) is 0.940. The molecular formula is C8H6N3NaOS. The van der Waals surface area contributed by atoms with Gasteiger partial charge < -0.3 is 17.9 Å². The van der Waals surface area contributed by atoms with E-state index in [1.165, 1.54) is 0 Å². The maximum atomic E-state index is 11.1. The van der Waals surface area contributed by atoms with Gasteiger partial charge in [0.25, 0.3) is 0 Å². The molecule has 0 radical (unpaired) electrons. The maximum Gasteiger partial charge on any atom is 1.00 e. The Bertz CT molecular complexity index is 333. The second kappa shape index (κ2) is 6.00. The van der Waals surface area contributed by atoms with Crippen molar-refractivity contribution >= 4 is 18.5 Å². The second-order valence-corrected chi connectivity index (χ2v) is 3.10. The number of amides is 1. The third-order valence-electron chi connectivity index (χ3n) is 1.64. The van der Waals surface area contributed by atoms with E-state index in [2.05, 4.69) is 17.9 Å². The van der Waals surface area contributed by atoms with E-state index in [-0.39, 0.29) is 52.0 Å². The van der Waals surface area contributed by atoms with Crippen LogP contribution in [0.4, 0.5) is 0 Å². The van der Waals surface area contributed by atoms with Crippen LogP contribution >= 0.6 is 0 Å². The van der Waals surface area contributed by atoms with Crippen molar-refractivity contribution in [2.24, 2.45) is 5.92 Å². The number of nitrogens with one attached hydrogen (secondary N) is 1. The average molecular weight is 215 g/mol. The van der Waals surface area contributed by atoms with Gasteiger partial charge in [0.1, 0.15) is 17.7 Å². The van der Waals surface area contributed by atoms with Crippen molar-refractivity contribution in [3.8, 4) is 12.1 Å². The van der Waals surface area contributed by atoms with Crippen LogP contribution in [0, 0.1) is 28.6 Å². The zero-order chi connectivity index (χ0) is 9.84. The van der Waals surface area contributed by atoms with E-state index in [9.17, 15) is 4.79 Å². The summed E-state index contributed by atoms with van der Waals surface area (Å²) in [5.74, 6) is -0.162. The van der Waals surface area contributed by atoms with E-state index in [4.69, 9.17) is 10.5 Å². The molecular weight excluding hydrogens is 209 g/mol. The summed E-state index contributed by atoms with van der Waals surface area (Å²) in [7, 11) is 0. The Morgan fingerprint density at radius 3 is 2.21 bits per heavy atom.